The average molecular weight is 371 g/mol. The van der Waals surface area contributed by atoms with E-state index in [0.717, 1.165) is 11.8 Å². The molecule has 0 unspecified atom stereocenters. The van der Waals surface area contributed by atoms with Crippen molar-refractivity contribution in [1.29, 1.82) is 0 Å². The Bertz CT molecular complexity index is 1050. The Morgan fingerprint density at radius 2 is 2.08 bits per heavy atom. The van der Waals surface area contributed by atoms with Crippen LogP contribution >= 0.6 is 0 Å². The molecule has 1 aromatic carbocycles. The topological polar surface area (TPSA) is 107 Å². The molecule has 134 valence electrons. The molecule has 9 heteroatoms. The van der Waals surface area contributed by atoms with Gasteiger partial charge in [0.1, 0.15) is 12.7 Å². The molecule has 1 N–H and O–H groups in total. The first-order valence-electron chi connectivity index (χ1n) is 7.74. The summed E-state index contributed by atoms with van der Waals surface area (Å²) in [4.78, 5) is 20.7. The van der Waals surface area contributed by atoms with Crippen molar-refractivity contribution in [2.75, 3.05) is 6.26 Å². The molecule has 1 amide bonds. The minimum absolute atomic E-state index is 0.148. The van der Waals surface area contributed by atoms with Crippen LogP contribution in [0.1, 0.15) is 21.5 Å². The lowest BCUT2D eigenvalue weighted by atomic mass is 10.1. The summed E-state index contributed by atoms with van der Waals surface area (Å²) >= 11 is 0. The van der Waals surface area contributed by atoms with E-state index in [1.807, 2.05) is 6.07 Å². The molecule has 0 fully saturated rings. The zero-order valence-electron chi connectivity index (χ0n) is 14.2. The van der Waals surface area contributed by atoms with E-state index in [0.29, 0.717) is 11.4 Å². The van der Waals surface area contributed by atoms with Gasteiger partial charge in [-0.1, -0.05) is 12.1 Å². The standard InChI is InChI=1S/C17H17N5O3S/c1-12-5-6-13(8-15(12)26(2,24)25)17(23)20-9-14-4-3-7-19-16(14)22-11-18-10-21-22/h3-8,10-11H,9H2,1-2H3,(H,20,23). The molecule has 0 aliphatic heterocycles. The number of nitrogens with one attached hydrogen (secondary N) is 1. The summed E-state index contributed by atoms with van der Waals surface area (Å²) in [5, 5.41) is 6.82. The molecule has 26 heavy (non-hydrogen) atoms. The largest absolute Gasteiger partial charge is 0.348 e. The fourth-order valence-corrected chi connectivity index (χ4v) is 3.50. The molecule has 0 aliphatic rings. The molecule has 0 spiro atoms. The summed E-state index contributed by atoms with van der Waals surface area (Å²) in [7, 11) is -3.40. The quantitative estimate of drug-likeness (QED) is 0.724. The number of benzene rings is 1. The van der Waals surface area contributed by atoms with Gasteiger partial charge < -0.3 is 5.32 Å². The lowest BCUT2D eigenvalue weighted by molar-refractivity contribution is 0.0950. The summed E-state index contributed by atoms with van der Waals surface area (Å²) in [5.74, 6) is 0.189. The smallest absolute Gasteiger partial charge is 0.251 e. The van der Waals surface area contributed by atoms with Crippen molar-refractivity contribution in [1.82, 2.24) is 25.1 Å². The van der Waals surface area contributed by atoms with E-state index in [-0.39, 0.29) is 22.9 Å². The normalized spacial score (nSPS) is 11.3. The molecule has 0 saturated carbocycles. The van der Waals surface area contributed by atoms with Crippen LogP contribution in [0.5, 0.6) is 0 Å². The van der Waals surface area contributed by atoms with E-state index in [1.165, 1.54) is 23.4 Å². The van der Waals surface area contributed by atoms with Crippen LogP contribution in [0.3, 0.4) is 0 Å². The van der Waals surface area contributed by atoms with Gasteiger partial charge in [-0.25, -0.2) is 23.1 Å². The molecule has 2 heterocycles. The van der Waals surface area contributed by atoms with Gasteiger partial charge in [0.15, 0.2) is 15.7 Å². The number of carbonyl (C=O) groups is 1. The third-order valence-corrected chi connectivity index (χ3v) is 5.03. The number of aromatic nitrogens is 4. The Morgan fingerprint density at radius 1 is 1.27 bits per heavy atom. The first-order chi connectivity index (χ1) is 12.4. The Morgan fingerprint density at radius 3 is 2.77 bits per heavy atom. The maximum absolute atomic E-state index is 12.4. The Balaban J connectivity index is 1.81. The van der Waals surface area contributed by atoms with Crippen molar-refractivity contribution in [2.45, 2.75) is 18.4 Å². The van der Waals surface area contributed by atoms with E-state index in [9.17, 15) is 13.2 Å². The van der Waals surface area contributed by atoms with Gasteiger partial charge in [0.05, 0.1) is 4.90 Å². The minimum Gasteiger partial charge on any atom is -0.348 e. The number of pyridine rings is 1. The second-order valence-corrected chi connectivity index (χ2v) is 7.75. The van der Waals surface area contributed by atoms with Crippen molar-refractivity contribution in [3.63, 3.8) is 0 Å². The van der Waals surface area contributed by atoms with Crippen molar-refractivity contribution < 1.29 is 13.2 Å². The monoisotopic (exact) mass is 371 g/mol. The average Bonchev–Trinajstić information content (AvgIpc) is 3.13. The lowest BCUT2D eigenvalue weighted by Crippen LogP contribution is -2.24. The van der Waals surface area contributed by atoms with Gasteiger partial charge in [-0.2, -0.15) is 5.10 Å². The molecule has 2 aromatic heterocycles. The van der Waals surface area contributed by atoms with Gasteiger partial charge in [0.2, 0.25) is 0 Å². The summed E-state index contributed by atoms with van der Waals surface area (Å²) in [6.07, 6.45) is 5.67. The number of amides is 1. The first kappa shape index (κ1) is 17.7. The van der Waals surface area contributed by atoms with Crippen LogP contribution in [-0.2, 0) is 16.4 Å². The Hall–Kier alpha value is -3.07. The van der Waals surface area contributed by atoms with Crippen molar-refractivity contribution in [2.24, 2.45) is 0 Å². The minimum atomic E-state index is -3.40. The van der Waals surface area contributed by atoms with Crippen LogP contribution in [0.2, 0.25) is 0 Å². The van der Waals surface area contributed by atoms with E-state index in [4.69, 9.17) is 0 Å². The molecule has 0 atom stereocenters. The van der Waals surface area contributed by atoms with Gasteiger partial charge >= 0.3 is 0 Å². The van der Waals surface area contributed by atoms with Crippen LogP contribution in [-0.4, -0.2) is 40.3 Å². The number of carbonyl (C=O) groups excluding carboxylic acids is 1. The van der Waals surface area contributed by atoms with Crippen LogP contribution in [0.4, 0.5) is 0 Å². The van der Waals surface area contributed by atoms with Gasteiger partial charge in [-0.15, -0.1) is 0 Å². The predicted molar refractivity (Wildman–Crippen MR) is 94.6 cm³/mol. The van der Waals surface area contributed by atoms with Crippen LogP contribution in [0.25, 0.3) is 5.82 Å². The molecule has 3 aromatic rings. The van der Waals surface area contributed by atoms with E-state index < -0.39 is 9.84 Å². The molecular formula is C17H17N5O3S. The van der Waals surface area contributed by atoms with Crippen LogP contribution < -0.4 is 5.32 Å². The van der Waals surface area contributed by atoms with Crippen LogP contribution in [0.15, 0.2) is 54.1 Å². The fraction of sp³-hybridized carbons (Fsp3) is 0.176. The number of aryl methyl sites for hydroxylation is 1. The second kappa shape index (κ2) is 7.04. The van der Waals surface area contributed by atoms with Gasteiger partial charge in [0, 0.05) is 30.1 Å². The molecular weight excluding hydrogens is 354 g/mol. The van der Waals surface area contributed by atoms with Gasteiger partial charge in [0.25, 0.3) is 5.91 Å². The molecule has 3 rings (SSSR count). The number of hydrogen-bond acceptors (Lipinski definition) is 6. The number of sulfone groups is 1. The van der Waals surface area contributed by atoms with E-state index >= 15 is 0 Å². The summed E-state index contributed by atoms with van der Waals surface area (Å²) < 4.78 is 25.2. The third-order valence-electron chi connectivity index (χ3n) is 3.79. The summed E-state index contributed by atoms with van der Waals surface area (Å²) in [5.41, 5.74) is 1.63. The van der Waals surface area contributed by atoms with E-state index in [2.05, 4.69) is 20.4 Å². The predicted octanol–water partition coefficient (Wildman–Crippen LogP) is 1.30. The second-order valence-electron chi connectivity index (χ2n) is 5.76. The maximum Gasteiger partial charge on any atom is 0.251 e. The van der Waals surface area contributed by atoms with E-state index in [1.54, 1.807) is 31.3 Å². The SMILES string of the molecule is Cc1ccc(C(=O)NCc2cccnc2-n2cncn2)cc1S(C)(=O)=O. The molecule has 0 radical (unpaired) electrons. The molecule has 8 nitrogen and oxygen atoms in total. The lowest BCUT2D eigenvalue weighted by Gasteiger charge is -2.10. The van der Waals surface area contributed by atoms with Crippen molar-refractivity contribution in [3.05, 3.63) is 65.9 Å². The van der Waals surface area contributed by atoms with Crippen molar-refractivity contribution in [3.8, 4) is 5.82 Å². The fourth-order valence-electron chi connectivity index (χ4n) is 2.51. The summed E-state index contributed by atoms with van der Waals surface area (Å²) in [6.45, 7) is 1.90. The number of rotatable bonds is 5. The van der Waals surface area contributed by atoms with Crippen molar-refractivity contribution >= 4 is 15.7 Å². The maximum atomic E-state index is 12.4. The Labute approximate surface area is 150 Å². The van der Waals surface area contributed by atoms with Crippen LogP contribution in [0, 0.1) is 6.92 Å². The van der Waals surface area contributed by atoms with Gasteiger partial charge in [-0.05, 0) is 30.7 Å². The Kier molecular flexibility index (Phi) is 4.81. The molecule has 0 saturated heterocycles. The number of nitrogens with zero attached hydrogens (tertiary/aromatic N) is 4. The first-order valence-corrected chi connectivity index (χ1v) is 9.63. The zero-order valence-corrected chi connectivity index (χ0v) is 15.1. The molecule has 0 bridgehead atoms. The highest BCUT2D eigenvalue weighted by Crippen LogP contribution is 2.17. The third kappa shape index (κ3) is 3.77. The highest BCUT2D eigenvalue weighted by molar-refractivity contribution is 7.90. The highest BCUT2D eigenvalue weighted by Gasteiger charge is 2.15. The van der Waals surface area contributed by atoms with Gasteiger partial charge in [-0.3, -0.25) is 4.79 Å². The summed E-state index contributed by atoms with van der Waals surface area (Å²) in [6, 6.07) is 8.19. The highest BCUT2D eigenvalue weighted by atomic mass is 32.2. The number of hydrogen-bond donors (Lipinski definition) is 1. The zero-order chi connectivity index (χ0) is 18.7. The molecule has 0 aliphatic carbocycles.